The van der Waals surface area contributed by atoms with Crippen molar-refractivity contribution in [3.63, 3.8) is 0 Å². The number of carbonyl (C=O) groups is 2. The molecule has 4 rings (SSSR count). The second-order valence-corrected chi connectivity index (χ2v) is 7.22. The van der Waals surface area contributed by atoms with Crippen molar-refractivity contribution in [2.24, 2.45) is 0 Å². The predicted octanol–water partition coefficient (Wildman–Crippen LogP) is 3.38. The summed E-state index contributed by atoms with van der Waals surface area (Å²) in [6, 6.07) is 14.7. The Labute approximate surface area is 163 Å². The third-order valence-corrected chi connectivity index (χ3v) is 5.10. The molecule has 0 saturated carbocycles. The largest absolute Gasteiger partial charge is 0.449 e. The highest BCUT2D eigenvalue weighted by Gasteiger charge is 2.28. The molecular formula is C22H23N3O3. The molecule has 0 unspecified atom stereocenters. The van der Waals surface area contributed by atoms with E-state index in [1.165, 1.54) is 0 Å². The van der Waals surface area contributed by atoms with Gasteiger partial charge in [0.2, 0.25) is 5.76 Å². The Morgan fingerprint density at radius 2 is 1.75 bits per heavy atom. The van der Waals surface area contributed by atoms with Gasteiger partial charge >= 0.3 is 0 Å². The molecule has 0 bridgehead atoms. The monoisotopic (exact) mass is 377 g/mol. The van der Waals surface area contributed by atoms with Crippen LogP contribution in [-0.2, 0) is 0 Å². The van der Waals surface area contributed by atoms with Gasteiger partial charge in [-0.3, -0.25) is 9.59 Å². The number of rotatable bonds is 3. The third kappa shape index (κ3) is 3.51. The maximum absolute atomic E-state index is 13.1. The lowest BCUT2D eigenvalue weighted by molar-refractivity contribution is 0.0636. The second-order valence-electron chi connectivity index (χ2n) is 7.22. The van der Waals surface area contributed by atoms with Crippen LogP contribution in [0.3, 0.4) is 0 Å². The molecule has 3 aromatic rings. The van der Waals surface area contributed by atoms with Gasteiger partial charge in [-0.1, -0.05) is 29.8 Å². The van der Waals surface area contributed by atoms with E-state index in [0.29, 0.717) is 29.9 Å². The molecule has 0 aliphatic carbocycles. The highest BCUT2D eigenvalue weighted by molar-refractivity contribution is 6.14. The Hall–Kier alpha value is -3.12. The summed E-state index contributed by atoms with van der Waals surface area (Å²) in [4.78, 5) is 29.9. The van der Waals surface area contributed by atoms with Crippen LogP contribution in [-0.4, -0.2) is 54.8 Å². The van der Waals surface area contributed by atoms with Gasteiger partial charge in [0.15, 0.2) is 0 Å². The molecular weight excluding hydrogens is 354 g/mol. The molecule has 1 aromatic heterocycles. The first-order chi connectivity index (χ1) is 13.5. The van der Waals surface area contributed by atoms with Crippen molar-refractivity contribution >= 4 is 28.5 Å². The standard InChI is InChI=1S/C22H23N3O3/c1-15-6-5-7-16(14-15)21(26)23-19-17-8-3-4-9-18(17)28-20(19)22(27)25-12-10-24(2)11-13-25/h3-9,14H,10-13H2,1-2H3,(H,23,26). The van der Waals surface area contributed by atoms with E-state index in [1.54, 1.807) is 17.0 Å². The number of para-hydroxylation sites is 1. The van der Waals surface area contributed by atoms with E-state index in [4.69, 9.17) is 4.42 Å². The summed E-state index contributed by atoms with van der Waals surface area (Å²) in [5.41, 5.74) is 2.56. The molecule has 6 nitrogen and oxygen atoms in total. The minimum atomic E-state index is -0.261. The van der Waals surface area contributed by atoms with E-state index in [9.17, 15) is 9.59 Å². The molecule has 1 N–H and O–H groups in total. The molecule has 2 aromatic carbocycles. The molecule has 2 amide bonds. The van der Waals surface area contributed by atoms with Crippen LogP contribution in [0.5, 0.6) is 0 Å². The zero-order chi connectivity index (χ0) is 19.7. The summed E-state index contributed by atoms with van der Waals surface area (Å²) in [7, 11) is 2.04. The van der Waals surface area contributed by atoms with Gasteiger partial charge in [-0.25, -0.2) is 0 Å². The van der Waals surface area contributed by atoms with E-state index >= 15 is 0 Å². The van der Waals surface area contributed by atoms with Crippen molar-refractivity contribution in [1.82, 2.24) is 9.80 Å². The molecule has 0 radical (unpaired) electrons. The number of carbonyl (C=O) groups excluding carboxylic acids is 2. The third-order valence-electron chi connectivity index (χ3n) is 5.10. The molecule has 1 saturated heterocycles. The summed E-state index contributed by atoms with van der Waals surface area (Å²) in [6.07, 6.45) is 0. The number of anilines is 1. The fraction of sp³-hybridized carbons (Fsp3) is 0.273. The van der Waals surface area contributed by atoms with Gasteiger partial charge in [-0.05, 0) is 38.2 Å². The van der Waals surface area contributed by atoms with Gasteiger partial charge < -0.3 is 19.5 Å². The molecule has 28 heavy (non-hydrogen) atoms. The van der Waals surface area contributed by atoms with Crippen LogP contribution in [0.25, 0.3) is 11.0 Å². The van der Waals surface area contributed by atoms with Gasteiger partial charge in [-0.2, -0.15) is 0 Å². The summed E-state index contributed by atoms with van der Waals surface area (Å²) in [5, 5.41) is 3.64. The number of likely N-dealkylation sites (N-methyl/N-ethyl adjacent to an activating group) is 1. The number of piperazine rings is 1. The maximum atomic E-state index is 13.1. The van der Waals surface area contributed by atoms with Crippen molar-refractivity contribution in [3.05, 3.63) is 65.4 Å². The fourth-order valence-corrected chi connectivity index (χ4v) is 3.45. The van der Waals surface area contributed by atoms with E-state index in [2.05, 4.69) is 10.2 Å². The smallest absolute Gasteiger partial charge is 0.291 e. The Bertz CT molecular complexity index is 1030. The topological polar surface area (TPSA) is 65.8 Å². The zero-order valence-electron chi connectivity index (χ0n) is 16.1. The van der Waals surface area contributed by atoms with E-state index < -0.39 is 0 Å². The van der Waals surface area contributed by atoms with Gasteiger partial charge in [0.05, 0.1) is 0 Å². The zero-order valence-corrected chi connectivity index (χ0v) is 16.1. The number of benzene rings is 2. The lowest BCUT2D eigenvalue weighted by atomic mass is 10.1. The van der Waals surface area contributed by atoms with Crippen LogP contribution < -0.4 is 5.32 Å². The van der Waals surface area contributed by atoms with E-state index in [-0.39, 0.29) is 17.6 Å². The van der Waals surface area contributed by atoms with Crippen LogP contribution in [0.4, 0.5) is 5.69 Å². The summed E-state index contributed by atoms with van der Waals surface area (Å²) in [5.74, 6) is -0.265. The minimum absolute atomic E-state index is 0.187. The first-order valence-corrected chi connectivity index (χ1v) is 9.40. The quantitative estimate of drug-likeness (QED) is 0.760. The summed E-state index contributed by atoms with van der Waals surface area (Å²) < 4.78 is 5.88. The minimum Gasteiger partial charge on any atom is -0.449 e. The van der Waals surface area contributed by atoms with Gasteiger partial charge in [-0.15, -0.1) is 0 Å². The molecule has 1 aliphatic rings. The van der Waals surface area contributed by atoms with Crippen LogP contribution in [0, 0.1) is 6.92 Å². The Morgan fingerprint density at radius 1 is 1.00 bits per heavy atom. The lowest BCUT2D eigenvalue weighted by Gasteiger charge is -2.32. The second kappa shape index (κ2) is 7.48. The predicted molar refractivity (Wildman–Crippen MR) is 109 cm³/mol. The highest BCUT2D eigenvalue weighted by atomic mass is 16.3. The van der Waals surface area contributed by atoms with Crippen molar-refractivity contribution in [1.29, 1.82) is 0 Å². The van der Waals surface area contributed by atoms with E-state index in [1.807, 2.05) is 50.4 Å². The molecule has 6 heteroatoms. The van der Waals surface area contributed by atoms with Gasteiger partial charge in [0.1, 0.15) is 11.3 Å². The van der Waals surface area contributed by atoms with Crippen LogP contribution in [0.1, 0.15) is 26.5 Å². The number of fused-ring (bicyclic) bond motifs is 1. The molecule has 0 atom stereocenters. The Kier molecular flexibility index (Phi) is 4.88. The average molecular weight is 377 g/mol. The van der Waals surface area contributed by atoms with E-state index in [0.717, 1.165) is 24.0 Å². The lowest BCUT2D eigenvalue weighted by Crippen LogP contribution is -2.47. The number of nitrogens with zero attached hydrogens (tertiary/aromatic N) is 2. The highest BCUT2D eigenvalue weighted by Crippen LogP contribution is 2.32. The van der Waals surface area contributed by atoms with Crippen molar-refractivity contribution < 1.29 is 14.0 Å². The molecule has 2 heterocycles. The van der Waals surface area contributed by atoms with Crippen LogP contribution in [0.15, 0.2) is 52.9 Å². The molecule has 0 spiro atoms. The fourth-order valence-electron chi connectivity index (χ4n) is 3.45. The first-order valence-electron chi connectivity index (χ1n) is 9.40. The number of amides is 2. The summed E-state index contributed by atoms with van der Waals surface area (Å²) in [6.45, 7) is 4.84. The number of furan rings is 1. The van der Waals surface area contributed by atoms with Gasteiger partial charge in [0.25, 0.3) is 11.8 Å². The number of nitrogens with one attached hydrogen (secondary N) is 1. The molecule has 1 fully saturated rings. The van der Waals surface area contributed by atoms with Crippen molar-refractivity contribution in [2.45, 2.75) is 6.92 Å². The normalized spacial score (nSPS) is 15.0. The van der Waals surface area contributed by atoms with Crippen molar-refractivity contribution in [3.8, 4) is 0 Å². The average Bonchev–Trinajstić information content (AvgIpc) is 3.06. The Morgan fingerprint density at radius 3 is 2.50 bits per heavy atom. The number of aryl methyl sites for hydroxylation is 1. The maximum Gasteiger partial charge on any atom is 0.291 e. The molecule has 1 aliphatic heterocycles. The van der Waals surface area contributed by atoms with Crippen molar-refractivity contribution in [2.75, 3.05) is 38.5 Å². The van der Waals surface area contributed by atoms with Crippen LogP contribution >= 0.6 is 0 Å². The first kappa shape index (κ1) is 18.3. The number of hydrogen-bond donors (Lipinski definition) is 1. The van der Waals surface area contributed by atoms with Crippen LogP contribution in [0.2, 0.25) is 0 Å². The summed E-state index contributed by atoms with van der Waals surface area (Å²) >= 11 is 0. The molecule has 144 valence electrons. The Balaban J connectivity index is 1.69. The number of hydrogen-bond acceptors (Lipinski definition) is 4. The van der Waals surface area contributed by atoms with Gasteiger partial charge in [0, 0.05) is 37.1 Å². The SMILES string of the molecule is Cc1cccc(C(=O)Nc2c(C(=O)N3CCN(C)CC3)oc3ccccc23)c1.